The second-order valence-corrected chi connectivity index (χ2v) is 11.4. The summed E-state index contributed by atoms with van der Waals surface area (Å²) in [7, 11) is 0. The number of nitrogens with zero attached hydrogens (tertiary/aromatic N) is 1. The van der Waals surface area contributed by atoms with E-state index in [-0.39, 0.29) is 30.6 Å². The van der Waals surface area contributed by atoms with Crippen molar-refractivity contribution in [2.75, 3.05) is 6.61 Å². The Morgan fingerprint density at radius 3 is 2.64 bits per heavy atom. The monoisotopic (exact) mass is 518 g/mol. The number of amides is 1. The first-order chi connectivity index (χ1) is 16.9. The van der Waals surface area contributed by atoms with Crippen LogP contribution >= 0.6 is 11.3 Å². The molecule has 7 nitrogen and oxygen atoms in total. The molecule has 0 aromatic carbocycles. The zero-order chi connectivity index (χ0) is 27.0. The number of aliphatic hydroxyl groups excluding tert-OH is 2. The second kappa shape index (κ2) is 13.4. The Morgan fingerprint density at radius 2 is 2.03 bits per heavy atom. The van der Waals surface area contributed by atoms with Crippen LogP contribution in [0.15, 0.2) is 35.3 Å². The van der Waals surface area contributed by atoms with E-state index < -0.39 is 29.6 Å². The van der Waals surface area contributed by atoms with Gasteiger partial charge in [0.15, 0.2) is 0 Å². The van der Waals surface area contributed by atoms with Gasteiger partial charge in [0.1, 0.15) is 5.78 Å². The van der Waals surface area contributed by atoms with E-state index >= 15 is 0 Å². The fourth-order valence-electron chi connectivity index (χ4n) is 4.30. The number of aliphatic hydroxyl groups is 2. The highest BCUT2D eigenvalue weighted by molar-refractivity contribution is 7.09. The molecule has 2 rings (SSSR count). The van der Waals surface area contributed by atoms with Crippen LogP contribution in [-0.4, -0.2) is 57.8 Å². The number of ketones is 1. The number of allylic oxidation sites excluding steroid dienone is 1. The summed E-state index contributed by atoms with van der Waals surface area (Å²) in [6, 6.07) is -0.288. The number of aryl methyl sites for hydroxylation is 1. The number of carbonyl (C=O) groups is 2. The third-order valence-electron chi connectivity index (χ3n) is 6.97. The molecule has 0 saturated carbocycles. The van der Waals surface area contributed by atoms with Gasteiger partial charge in [-0.2, -0.15) is 0 Å². The SMILES string of the molecule is C=CC[C@H]1C(=O)C(C)(C)[C@@H](O)CC(=O)N[C@H](/C(C)=C/c2csc(C)n2)C/C=C(/C)CCO[C@H](C)[C@H]1O. The van der Waals surface area contributed by atoms with Gasteiger partial charge in [-0.15, -0.1) is 17.9 Å². The molecule has 2 heterocycles. The van der Waals surface area contributed by atoms with Crippen LogP contribution < -0.4 is 5.32 Å². The van der Waals surface area contributed by atoms with E-state index in [4.69, 9.17) is 4.74 Å². The van der Waals surface area contributed by atoms with Gasteiger partial charge < -0.3 is 20.3 Å². The molecule has 3 N–H and O–H groups in total. The van der Waals surface area contributed by atoms with E-state index in [0.717, 1.165) is 21.8 Å². The zero-order valence-corrected chi connectivity index (χ0v) is 23.2. The quantitative estimate of drug-likeness (QED) is 0.511. The number of nitrogens with one attached hydrogen (secondary N) is 1. The zero-order valence-electron chi connectivity index (χ0n) is 22.4. The largest absolute Gasteiger partial charge is 0.392 e. The van der Waals surface area contributed by atoms with Crippen molar-refractivity contribution in [3.8, 4) is 0 Å². The fraction of sp³-hybridized carbons (Fsp3) is 0.607. The number of Topliss-reactive ketones (excluding diaryl/α,β-unsaturated/α-hetero) is 1. The summed E-state index contributed by atoms with van der Waals surface area (Å²) < 4.78 is 5.89. The molecular weight excluding hydrogens is 476 g/mol. The Morgan fingerprint density at radius 1 is 1.33 bits per heavy atom. The molecule has 1 amide bonds. The van der Waals surface area contributed by atoms with Crippen molar-refractivity contribution in [2.45, 2.75) is 91.6 Å². The molecule has 0 spiro atoms. The number of hydrogen-bond donors (Lipinski definition) is 3. The van der Waals surface area contributed by atoms with E-state index in [2.05, 4.69) is 23.0 Å². The topological polar surface area (TPSA) is 109 Å². The van der Waals surface area contributed by atoms with Gasteiger partial charge in [-0.1, -0.05) is 31.6 Å². The number of carbonyl (C=O) groups excluding carboxylic acids is 2. The predicted octanol–water partition coefficient (Wildman–Crippen LogP) is 4.38. The van der Waals surface area contributed by atoms with Crippen molar-refractivity contribution in [1.82, 2.24) is 10.3 Å². The number of rotatable bonds is 4. The maximum Gasteiger partial charge on any atom is 0.223 e. The predicted molar refractivity (Wildman–Crippen MR) is 145 cm³/mol. The first-order valence-corrected chi connectivity index (χ1v) is 13.4. The lowest BCUT2D eigenvalue weighted by atomic mass is 9.72. The van der Waals surface area contributed by atoms with Crippen LogP contribution in [0.2, 0.25) is 0 Å². The van der Waals surface area contributed by atoms with Gasteiger partial charge in [0.25, 0.3) is 0 Å². The highest BCUT2D eigenvalue weighted by Gasteiger charge is 2.43. The smallest absolute Gasteiger partial charge is 0.223 e. The lowest BCUT2D eigenvalue weighted by Crippen LogP contribution is -2.49. The van der Waals surface area contributed by atoms with Crippen molar-refractivity contribution < 1.29 is 24.5 Å². The molecule has 1 aliphatic heterocycles. The van der Waals surface area contributed by atoms with E-state index in [1.807, 2.05) is 32.2 Å². The lowest BCUT2D eigenvalue weighted by molar-refractivity contribution is -0.146. The highest BCUT2D eigenvalue weighted by Crippen LogP contribution is 2.32. The molecule has 5 atom stereocenters. The van der Waals surface area contributed by atoms with Crippen LogP contribution in [-0.2, 0) is 14.3 Å². The molecule has 1 aliphatic rings. The molecule has 0 saturated heterocycles. The summed E-state index contributed by atoms with van der Waals surface area (Å²) >= 11 is 1.57. The average molecular weight is 519 g/mol. The molecular formula is C28H42N2O5S. The second-order valence-electron chi connectivity index (χ2n) is 10.3. The van der Waals surface area contributed by atoms with Crippen LogP contribution in [0.5, 0.6) is 0 Å². The van der Waals surface area contributed by atoms with Crippen molar-refractivity contribution in [1.29, 1.82) is 0 Å². The standard InChI is InChI=1S/C28H42N2O5S/c1-8-9-22-26(33)19(4)35-13-12-17(2)10-11-23(18(3)14-21-16-36-20(5)29-21)30-25(32)15-24(31)28(6,7)27(22)34/h8,10,14,16,19,22-24,26,31,33H,1,9,11-13,15H2,2-7H3,(H,30,32)/b17-10-,18-14+/t19-,22-,23+,24+,26-/m1/s1. The van der Waals surface area contributed by atoms with Crippen LogP contribution in [0, 0.1) is 18.3 Å². The molecule has 200 valence electrons. The Hall–Kier alpha value is -2.13. The minimum atomic E-state index is -1.25. The molecule has 8 heteroatoms. The van der Waals surface area contributed by atoms with Crippen LogP contribution in [0.1, 0.15) is 71.0 Å². The maximum absolute atomic E-state index is 13.5. The number of ether oxygens (including phenoxy) is 1. The molecule has 0 aliphatic carbocycles. The first kappa shape index (κ1) is 30.1. The van der Waals surface area contributed by atoms with Gasteiger partial charge in [-0.05, 0) is 58.6 Å². The molecule has 0 unspecified atom stereocenters. The summed E-state index contributed by atoms with van der Waals surface area (Å²) in [4.78, 5) is 31.0. The Balaban J connectivity index is 2.37. The Kier molecular flexibility index (Phi) is 11.2. The minimum Gasteiger partial charge on any atom is -0.392 e. The normalized spacial score (nSPS) is 30.8. The summed E-state index contributed by atoms with van der Waals surface area (Å²) in [6.45, 7) is 15.0. The third-order valence-corrected chi connectivity index (χ3v) is 7.77. The third kappa shape index (κ3) is 8.20. The summed E-state index contributed by atoms with van der Waals surface area (Å²) in [5.74, 6) is -1.46. The maximum atomic E-state index is 13.5. The highest BCUT2D eigenvalue weighted by atomic mass is 32.1. The Labute approximate surface area is 219 Å². The van der Waals surface area contributed by atoms with Gasteiger partial charge >= 0.3 is 0 Å². The molecule has 0 radical (unpaired) electrons. The first-order valence-electron chi connectivity index (χ1n) is 12.5. The minimum absolute atomic E-state index is 0.232. The molecule has 0 fully saturated rings. The van der Waals surface area contributed by atoms with Crippen molar-refractivity contribution >= 4 is 29.1 Å². The van der Waals surface area contributed by atoms with Crippen molar-refractivity contribution in [2.24, 2.45) is 11.3 Å². The summed E-state index contributed by atoms with van der Waals surface area (Å²) in [5.41, 5.74) is 1.64. The molecule has 1 aromatic heterocycles. The fourth-order valence-corrected chi connectivity index (χ4v) is 4.87. The lowest BCUT2D eigenvalue weighted by Gasteiger charge is -2.35. The summed E-state index contributed by atoms with van der Waals surface area (Å²) in [5, 5.41) is 27.9. The van der Waals surface area contributed by atoms with Crippen molar-refractivity contribution in [3.05, 3.63) is 46.0 Å². The van der Waals surface area contributed by atoms with Gasteiger partial charge in [-0.25, -0.2) is 4.98 Å². The van der Waals surface area contributed by atoms with Crippen LogP contribution in [0.3, 0.4) is 0 Å². The number of thiazole rings is 1. The van der Waals surface area contributed by atoms with E-state index in [0.29, 0.717) is 19.4 Å². The average Bonchev–Trinajstić information content (AvgIpc) is 3.22. The van der Waals surface area contributed by atoms with Gasteiger partial charge in [0.2, 0.25) is 5.91 Å². The summed E-state index contributed by atoms with van der Waals surface area (Å²) in [6.07, 6.45) is 4.02. The number of aromatic nitrogens is 1. The molecule has 0 bridgehead atoms. The number of hydrogen-bond acceptors (Lipinski definition) is 7. The van der Waals surface area contributed by atoms with E-state index in [1.165, 1.54) is 0 Å². The van der Waals surface area contributed by atoms with Crippen LogP contribution in [0.25, 0.3) is 6.08 Å². The van der Waals surface area contributed by atoms with Gasteiger partial charge in [0, 0.05) is 5.38 Å². The molecule has 36 heavy (non-hydrogen) atoms. The van der Waals surface area contributed by atoms with E-state index in [1.54, 1.807) is 38.2 Å². The van der Waals surface area contributed by atoms with Gasteiger partial charge in [0.05, 0.1) is 59.4 Å². The van der Waals surface area contributed by atoms with E-state index in [9.17, 15) is 19.8 Å². The Bertz CT molecular complexity index is 980. The van der Waals surface area contributed by atoms with Gasteiger partial charge in [-0.3, -0.25) is 9.59 Å². The molecule has 1 aromatic rings. The van der Waals surface area contributed by atoms with Crippen molar-refractivity contribution in [3.63, 3.8) is 0 Å². The van der Waals surface area contributed by atoms with Crippen LogP contribution in [0.4, 0.5) is 0 Å².